The number of aromatic nitrogens is 3. The van der Waals surface area contributed by atoms with Crippen LogP contribution in [0.4, 0.5) is 10.1 Å². The zero-order chi connectivity index (χ0) is 19.1. The van der Waals surface area contributed by atoms with Gasteiger partial charge in [-0.2, -0.15) is 5.10 Å². The number of nitrogens with zero attached hydrogens (tertiary/aromatic N) is 3. The molecule has 28 heavy (non-hydrogen) atoms. The van der Waals surface area contributed by atoms with E-state index in [2.05, 4.69) is 10.1 Å². The second-order valence-electron chi connectivity index (χ2n) is 6.44. The van der Waals surface area contributed by atoms with Crippen molar-refractivity contribution in [2.24, 2.45) is 0 Å². The van der Waals surface area contributed by atoms with E-state index < -0.39 is 0 Å². The quantitative estimate of drug-likeness (QED) is 0.416. The molecule has 136 valence electrons. The van der Waals surface area contributed by atoms with Crippen LogP contribution in [0.25, 0.3) is 37.9 Å². The smallest absolute Gasteiger partial charge is 0.213 e. The van der Waals surface area contributed by atoms with Gasteiger partial charge in [0.1, 0.15) is 10.8 Å². The van der Waals surface area contributed by atoms with Crippen LogP contribution >= 0.6 is 11.3 Å². The van der Waals surface area contributed by atoms with Gasteiger partial charge in [-0.25, -0.2) is 13.9 Å². The summed E-state index contributed by atoms with van der Waals surface area (Å²) >= 11 is 1.43. The summed E-state index contributed by atoms with van der Waals surface area (Å²) in [6.07, 6.45) is 1.87. The van der Waals surface area contributed by atoms with Gasteiger partial charge in [0.25, 0.3) is 0 Å². The van der Waals surface area contributed by atoms with E-state index in [0.29, 0.717) is 11.3 Å². The van der Waals surface area contributed by atoms with Gasteiger partial charge in [-0.3, -0.25) is 0 Å². The van der Waals surface area contributed by atoms with Gasteiger partial charge in [0.05, 0.1) is 11.9 Å². The average molecular weight is 386 g/mol. The minimum absolute atomic E-state index is 0.265. The summed E-state index contributed by atoms with van der Waals surface area (Å²) in [5.74, 6) is -0.265. The molecule has 0 spiro atoms. The molecular formula is C22H15FN4S. The van der Waals surface area contributed by atoms with Crippen LogP contribution in [-0.2, 0) is 0 Å². The van der Waals surface area contributed by atoms with Crippen LogP contribution in [0.3, 0.4) is 0 Å². The number of nitrogen functional groups attached to an aromatic ring is 1. The molecule has 2 heterocycles. The molecule has 5 aromatic rings. The van der Waals surface area contributed by atoms with Crippen LogP contribution in [-0.4, -0.2) is 14.6 Å². The summed E-state index contributed by atoms with van der Waals surface area (Å²) in [5, 5.41) is 5.30. The first-order chi connectivity index (χ1) is 13.7. The number of fused-ring (bicyclic) bond motifs is 1. The molecule has 4 nitrogen and oxygen atoms in total. The number of hydrogen-bond acceptors (Lipinski definition) is 4. The van der Waals surface area contributed by atoms with E-state index in [4.69, 9.17) is 5.73 Å². The summed E-state index contributed by atoms with van der Waals surface area (Å²) in [6.45, 7) is 0. The van der Waals surface area contributed by atoms with Crippen molar-refractivity contribution in [3.63, 3.8) is 0 Å². The molecule has 2 aromatic heterocycles. The van der Waals surface area contributed by atoms with Gasteiger partial charge >= 0.3 is 0 Å². The fraction of sp³-hybridized carbons (Fsp3) is 0. The lowest BCUT2D eigenvalue weighted by Gasteiger charge is -2.04. The maximum Gasteiger partial charge on any atom is 0.213 e. The van der Waals surface area contributed by atoms with Crippen LogP contribution in [0.1, 0.15) is 0 Å². The molecule has 5 rings (SSSR count). The Hall–Kier alpha value is -3.51. The van der Waals surface area contributed by atoms with Gasteiger partial charge in [-0.1, -0.05) is 65.9 Å². The van der Waals surface area contributed by atoms with Crippen molar-refractivity contribution in [3.8, 4) is 33.0 Å². The van der Waals surface area contributed by atoms with Crippen molar-refractivity contribution in [1.82, 2.24) is 14.6 Å². The van der Waals surface area contributed by atoms with Gasteiger partial charge < -0.3 is 5.73 Å². The Balaban J connectivity index is 1.49. The maximum absolute atomic E-state index is 14.7. The maximum atomic E-state index is 14.7. The molecule has 0 atom stereocenters. The lowest BCUT2D eigenvalue weighted by molar-refractivity contribution is 0.632. The first-order valence-corrected chi connectivity index (χ1v) is 9.56. The van der Waals surface area contributed by atoms with Crippen molar-refractivity contribution in [3.05, 3.63) is 84.8 Å². The molecular weight excluding hydrogens is 371 g/mol. The predicted octanol–water partition coefficient (Wildman–Crippen LogP) is 5.51. The van der Waals surface area contributed by atoms with E-state index >= 15 is 0 Å². The Morgan fingerprint density at radius 3 is 2.32 bits per heavy atom. The molecule has 0 aliphatic carbocycles. The van der Waals surface area contributed by atoms with E-state index in [-0.39, 0.29) is 5.82 Å². The van der Waals surface area contributed by atoms with Gasteiger partial charge in [0, 0.05) is 22.4 Å². The fourth-order valence-corrected chi connectivity index (χ4v) is 3.99. The van der Waals surface area contributed by atoms with Crippen LogP contribution in [0.2, 0.25) is 0 Å². The topological polar surface area (TPSA) is 56.2 Å². The summed E-state index contributed by atoms with van der Waals surface area (Å²) < 4.78 is 16.4. The third-order valence-corrected chi connectivity index (χ3v) is 5.52. The molecule has 0 saturated heterocycles. The van der Waals surface area contributed by atoms with Crippen molar-refractivity contribution >= 4 is 22.0 Å². The minimum Gasteiger partial charge on any atom is -0.399 e. The van der Waals surface area contributed by atoms with E-state index in [9.17, 15) is 4.39 Å². The highest BCUT2D eigenvalue weighted by atomic mass is 32.1. The minimum atomic E-state index is -0.265. The van der Waals surface area contributed by atoms with Crippen molar-refractivity contribution in [2.45, 2.75) is 0 Å². The average Bonchev–Trinajstić information content (AvgIpc) is 3.28. The number of benzene rings is 3. The zero-order valence-corrected chi connectivity index (χ0v) is 15.5. The lowest BCUT2D eigenvalue weighted by atomic mass is 10.0. The van der Waals surface area contributed by atoms with Crippen molar-refractivity contribution in [1.29, 1.82) is 0 Å². The number of rotatable bonds is 3. The van der Waals surface area contributed by atoms with Crippen LogP contribution in [0.15, 0.2) is 79.0 Å². The van der Waals surface area contributed by atoms with Crippen molar-refractivity contribution in [2.75, 3.05) is 5.73 Å². The first kappa shape index (κ1) is 16.6. The normalized spacial score (nSPS) is 11.2. The summed E-state index contributed by atoms with van der Waals surface area (Å²) in [4.78, 5) is 5.39. The van der Waals surface area contributed by atoms with Gasteiger partial charge in [0.15, 0.2) is 0 Å². The number of imidazole rings is 1. The molecule has 0 saturated carbocycles. The standard InChI is InChI=1S/C22H15FN4S/c23-19-12-16(8-11-18(19)14-4-2-1-3-5-14)21-26-27-13-20(25-22(27)28-21)15-6-9-17(24)10-7-15/h1-13H,24H2. The zero-order valence-electron chi connectivity index (χ0n) is 14.7. The highest BCUT2D eigenvalue weighted by Crippen LogP contribution is 2.31. The van der Waals surface area contributed by atoms with E-state index in [1.54, 1.807) is 10.6 Å². The molecule has 6 heteroatoms. The van der Waals surface area contributed by atoms with E-state index in [0.717, 1.165) is 32.4 Å². The number of hydrogen-bond donors (Lipinski definition) is 1. The predicted molar refractivity (Wildman–Crippen MR) is 112 cm³/mol. The fourth-order valence-electron chi connectivity index (χ4n) is 3.11. The summed E-state index contributed by atoms with van der Waals surface area (Å²) in [7, 11) is 0. The van der Waals surface area contributed by atoms with Crippen LogP contribution < -0.4 is 5.73 Å². The molecule has 0 bridgehead atoms. The molecule has 2 N–H and O–H groups in total. The molecule has 0 fully saturated rings. The summed E-state index contributed by atoms with van der Waals surface area (Å²) in [5.41, 5.74) is 10.4. The highest BCUT2D eigenvalue weighted by Gasteiger charge is 2.13. The molecule has 0 amide bonds. The third-order valence-electron chi connectivity index (χ3n) is 4.55. The largest absolute Gasteiger partial charge is 0.399 e. The second kappa shape index (κ2) is 6.58. The van der Waals surface area contributed by atoms with Crippen LogP contribution in [0, 0.1) is 5.82 Å². The number of halogens is 1. The van der Waals surface area contributed by atoms with Crippen LogP contribution in [0.5, 0.6) is 0 Å². The highest BCUT2D eigenvalue weighted by molar-refractivity contribution is 7.19. The Morgan fingerprint density at radius 2 is 1.61 bits per heavy atom. The first-order valence-electron chi connectivity index (χ1n) is 8.75. The summed E-state index contributed by atoms with van der Waals surface area (Å²) in [6, 6.07) is 22.3. The van der Waals surface area contributed by atoms with E-state index in [1.165, 1.54) is 17.4 Å². The molecule has 0 aliphatic heterocycles. The monoisotopic (exact) mass is 386 g/mol. The molecule has 0 radical (unpaired) electrons. The number of nitrogens with two attached hydrogens (primary N) is 1. The van der Waals surface area contributed by atoms with Gasteiger partial charge in [0.2, 0.25) is 4.96 Å². The molecule has 0 aliphatic rings. The Labute approximate surface area is 164 Å². The van der Waals surface area contributed by atoms with E-state index in [1.807, 2.05) is 66.9 Å². The number of anilines is 1. The second-order valence-corrected chi connectivity index (χ2v) is 7.40. The van der Waals surface area contributed by atoms with Gasteiger partial charge in [-0.15, -0.1) is 0 Å². The third kappa shape index (κ3) is 2.93. The Morgan fingerprint density at radius 1 is 0.857 bits per heavy atom. The molecule has 3 aromatic carbocycles. The molecule has 0 unspecified atom stereocenters. The van der Waals surface area contributed by atoms with Crippen molar-refractivity contribution < 1.29 is 4.39 Å². The Kier molecular flexibility index (Phi) is 3.91. The Bertz CT molecular complexity index is 1240. The van der Waals surface area contributed by atoms with Gasteiger partial charge in [-0.05, 0) is 23.8 Å². The lowest BCUT2D eigenvalue weighted by Crippen LogP contribution is -1.87. The SMILES string of the molecule is Nc1ccc(-c2cn3nc(-c4ccc(-c5ccccc5)c(F)c4)sc3n2)cc1.